The monoisotopic (exact) mass is 295 g/mol. The van der Waals surface area contributed by atoms with Crippen molar-refractivity contribution in [2.45, 2.75) is 18.1 Å². The molecular weight excluding hydrogens is 282 g/mol. The van der Waals surface area contributed by atoms with Crippen LogP contribution in [0.4, 0.5) is 0 Å². The standard InChI is InChI=1S/C13H13NO3S2/c1-9-5-6-11(8-10(9)2)13(15)14-19(16,17)12-4-3-7-18-12/h3-8H,1-2H3,(H,14,15). The molecule has 0 radical (unpaired) electrons. The van der Waals surface area contributed by atoms with Gasteiger partial charge in [-0.3, -0.25) is 4.79 Å². The van der Waals surface area contributed by atoms with Crippen LogP contribution in [0.1, 0.15) is 21.5 Å². The summed E-state index contributed by atoms with van der Waals surface area (Å²) < 4.78 is 26.0. The summed E-state index contributed by atoms with van der Waals surface area (Å²) >= 11 is 1.07. The van der Waals surface area contributed by atoms with E-state index in [-0.39, 0.29) is 4.21 Å². The molecule has 1 amide bonds. The molecule has 0 aliphatic rings. The molecule has 0 spiro atoms. The number of rotatable bonds is 3. The Balaban J connectivity index is 2.24. The van der Waals surface area contributed by atoms with Crippen molar-refractivity contribution in [3.63, 3.8) is 0 Å². The molecule has 0 saturated heterocycles. The van der Waals surface area contributed by atoms with Gasteiger partial charge in [0.05, 0.1) is 0 Å². The molecule has 0 bridgehead atoms. The minimum absolute atomic E-state index is 0.129. The topological polar surface area (TPSA) is 63.2 Å². The van der Waals surface area contributed by atoms with Crippen molar-refractivity contribution in [3.8, 4) is 0 Å². The highest BCUT2D eigenvalue weighted by Gasteiger charge is 2.19. The van der Waals surface area contributed by atoms with E-state index in [4.69, 9.17) is 0 Å². The van der Waals surface area contributed by atoms with Crippen LogP contribution >= 0.6 is 11.3 Å². The molecule has 2 aromatic rings. The number of aryl methyl sites for hydroxylation is 2. The molecule has 1 heterocycles. The summed E-state index contributed by atoms with van der Waals surface area (Å²) in [6.45, 7) is 3.80. The highest BCUT2D eigenvalue weighted by atomic mass is 32.2. The third-order valence-corrected chi connectivity index (χ3v) is 5.48. The first-order valence-corrected chi connectivity index (χ1v) is 7.94. The summed E-state index contributed by atoms with van der Waals surface area (Å²) in [5, 5.41) is 1.65. The Bertz CT molecular complexity index is 703. The average Bonchev–Trinajstić information content (AvgIpc) is 2.86. The van der Waals surface area contributed by atoms with Gasteiger partial charge in [0.1, 0.15) is 4.21 Å². The summed E-state index contributed by atoms with van der Waals surface area (Å²) in [6.07, 6.45) is 0. The van der Waals surface area contributed by atoms with Gasteiger partial charge in [0.25, 0.3) is 15.9 Å². The zero-order chi connectivity index (χ0) is 14.0. The molecule has 0 aliphatic heterocycles. The van der Waals surface area contributed by atoms with E-state index >= 15 is 0 Å². The van der Waals surface area contributed by atoms with Gasteiger partial charge in [-0.1, -0.05) is 12.1 Å². The molecule has 0 fully saturated rings. The van der Waals surface area contributed by atoms with E-state index in [9.17, 15) is 13.2 Å². The largest absolute Gasteiger partial charge is 0.273 e. The quantitative estimate of drug-likeness (QED) is 0.946. The van der Waals surface area contributed by atoms with Crippen LogP contribution in [-0.2, 0) is 10.0 Å². The molecule has 4 nitrogen and oxygen atoms in total. The number of thiophene rings is 1. The Morgan fingerprint density at radius 3 is 2.47 bits per heavy atom. The third-order valence-electron chi connectivity index (χ3n) is 2.76. The van der Waals surface area contributed by atoms with E-state index in [0.717, 1.165) is 22.5 Å². The van der Waals surface area contributed by atoms with Gasteiger partial charge in [0, 0.05) is 5.56 Å². The maximum Gasteiger partial charge on any atom is 0.273 e. The van der Waals surface area contributed by atoms with Crippen LogP contribution in [0.2, 0.25) is 0 Å². The summed E-state index contributed by atoms with van der Waals surface area (Å²) in [5.74, 6) is -0.614. The van der Waals surface area contributed by atoms with Crippen molar-refractivity contribution in [1.82, 2.24) is 4.72 Å². The number of hydrogen-bond acceptors (Lipinski definition) is 4. The lowest BCUT2D eigenvalue weighted by Crippen LogP contribution is -2.30. The predicted octanol–water partition coefficient (Wildman–Crippen LogP) is 2.48. The molecule has 0 unspecified atom stereocenters. The first-order chi connectivity index (χ1) is 8.90. The number of carbonyl (C=O) groups is 1. The minimum atomic E-state index is -3.77. The zero-order valence-corrected chi connectivity index (χ0v) is 12.1. The van der Waals surface area contributed by atoms with Gasteiger partial charge in [0.2, 0.25) is 0 Å². The van der Waals surface area contributed by atoms with Gasteiger partial charge in [-0.05, 0) is 48.6 Å². The Kier molecular flexibility index (Phi) is 3.73. The van der Waals surface area contributed by atoms with E-state index in [1.165, 1.54) is 6.07 Å². The fourth-order valence-corrected chi connectivity index (χ4v) is 3.50. The lowest BCUT2D eigenvalue weighted by Gasteiger charge is -2.07. The smallest absolute Gasteiger partial charge is 0.268 e. The van der Waals surface area contributed by atoms with E-state index < -0.39 is 15.9 Å². The lowest BCUT2D eigenvalue weighted by molar-refractivity contribution is 0.0981. The average molecular weight is 295 g/mol. The van der Waals surface area contributed by atoms with Gasteiger partial charge in [-0.15, -0.1) is 11.3 Å². The van der Waals surface area contributed by atoms with Crippen LogP contribution in [-0.4, -0.2) is 14.3 Å². The van der Waals surface area contributed by atoms with E-state index in [1.807, 2.05) is 13.8 Å². The minimum Gasteiger partial charge on any atom is -0.268 e. The Morgan fingerprint density at radius 2 is 1.89 bits per heavy atom. The summed E-state index contributed by atoms with van der Waals surface area (Å²) in [7, 11) is -3.77. The van der Waals surface area contributed by atoms with E-state index in [2.05, 4.69) is 4.72 Å². The maximum absolute atomic E-state index is 11.9. The van der Waals surface area contributed by atoms with E-state index in [1.54, 1.807) is 29.6 Å². The Morgan fingerprint density at radius 1 is 1.16 bits per heavy atom. The fourth-order valence-electron chi connectivity index (χ4n) is 1.53. The molecule has 19 heavy (non-hydrogen) atoms. The van der Waals surface area contributed by atoms with Crippen molar-refractivity contribution in [2.75, 3.05) is 0 Å². The van der Waals surface area contributed by atoms with Crippen LogP contribution in [0.25, 0.3) is 0 Å². The number of carbonyl (C=O) groups excluding carboxylic acids is 1. The van der Waals surface area contributed by atoms with Gasteiger partial charge >= 0.3 is 0 Å². The van der Waals surface area contributed by atoms with Gasteiger partial charge < -0.3 is 0 Å². The summed E-state index contributed by atoms with van der Waals surface area (Å²) in [6, 6.07) is 8.17. The predicted molar refractivity (Wildman–Crippen MR) is 74.9 cm³/mol. The fraction of sp³-hybridized carbons (Fsp3) is 0.154. The molecule has 100 valence electrons. The Hall–Kier alpha value is -1.66. The summed E-state index contributed by atoms with van der Waals surface area (Å²) in [4.78, 5) is 11.9. The normalized spacial score (nSPS) is 11.3. The van der Waals surface area contributed by atoms with Crippen LogP contribution in [0.5, 0.6) is 0 Å². The SMILES string of the molecule is Cc1ccc(C(=O)NS(=O)(=O)c2cccs2)cc1C. The molecule has 6 heteroatoms. The molecule has 1 aromatic carbocycles. The zero-order valence-electron chi connectivity index (χ0n) is 10.5. The van der Waals surface area contributed by atoms with Crippen molar-refractivity contribution in [2.24, 2.45) is 0 Å². The van der Waals surface area contributed by atoms with Crippen molar-refractivity contribution in [3.05, 3.63) is 52.4 Å². The molecule has 0 aliphatic carbocycles. The van der Waals surface area contributed by atoms with Crippen molar-refractivity contribution in [1.29, 1.82) is 0 Å². The van der Waals surface area contributed by atoms with Crippen LogP contribution < -0.4 is 4.72 Å². The van der Waals surface area contributed by atoms with Gasteiger partial charge in [-0.25, -0.2) is 13.1 Å². The Labute approximate surface area is 116 Å². The molecule has 1 aromatic heterocycles. The first-order valence-electron chi connectivity index (χ1n) is 5.58. The van der Waals surface area contributed by atoms with Crippen molar-refractivity contribution < 1.29 is 13.2 Å². The highest BCUT2D eigenvalue weighted by Crippen LogP contribution is 2.16. The first kappa shape index (κ1) is 13.8. The van der Waals surface area contributed by atoms with Crippen molar-refractivity contribution >= 4 is 27.3 Å². The second-order valence-corrected chi connectivity index (χ2v) is 7.02. The number of nitrogens with one attached hydrogen (secondary N) is 1. The molecule has 1 N–H and O–H groups in total. The second-order valence-electron chi connectivity index (χ2n) is 4.17. The maximum atomic E-state index is 11.9. The number of sulfonamides is 1. The molecular formula is C13H13NO3S2. The molecule has 0 atom stereocenters. The molecule has 2 rings (SSSR count). The lowest BCUT2D eigenvalue weighted by atomic mass is 10.1. The number of amides is 1. The summed E-state index contributed by atoms with van der Waals surface area (Å²) in [5.41, 5.74) is 2.34. The third kappa shape index (κ3) is 3.02. The van der Waals surface area contributed by atoms with Gasteiger partial charge in [0.15, 0.2) is 0 Å². The van der Waals surface area contributed by atoms with E-state index in [0.29, 0.717) is 5.56 Å². The molecule has 0 saturated carbocycles. The second kappa shape index (κ2) is 5.14. The number of benzene rings is 1. The van der Waals surface area contributed by atoms with Crippen LogP contribution in [0.3, 0.4) is 0 Å². The van der Waals surface area contributed by atoms with Crippen LogP contribution in [0, 0.1) is 13.8 Å². The number of hydrogen-bond donors (Lipinski definition) is 1. The highest BCUT2D eigenvalue weighted by molar-refractivity contribution is 7.92. The van der Waals surface area contributed by atoms with Crippen LogP contribution in [0.15, 0.2) is 39.9 Å². The van der Waals surface area contributed by atoms with Gasteiger partial charge in [-0.2, -0.15) is 0 Å².